The average Bonchev–Trinajstić information content (AvgIpc) is 2.99. The van der Waals surface area contributed by atoms with Crippen LogP contribution < -0.4 is 52.8 Å². The van der Waals surface area contributed by atoms with E-state index in [9.17, 15) is 0 Å². The minimum atomic E-state index is -2.52. The fourth-order valence-corrected chi connectivity index (χ4v) is 14.1. The quantitative estimate of drug-likeness (QED) is 0.227. The molecule has 0 saturated heterocycles. The Morgan fingerprint density at radius 3 is 1.03 bits per heavy atom. The molecular formula is C30H33Cl3SiTi. The molecule has 1 unspecified atom stereocenters. The van der Waals surface area contributed by atoms with Crippen LogP contribution in [-0.2, 0) is 20.4 Å². The second-order valence-corrected chi connectivity index (χ2v) is 15.9. The first-order valence-electron chi connectivity index (χ1n) is 11.4. The Hall–Kier alpha value is -1.06. The summed E-state index contributed by atoms with van der Waals surface area (Å²) in [5.41, 5.74) is 9.53. The van der Waals surface area contributed by atoms with E-state index in [1.165, 1.54) is 54.5 Å². The number of hydrogen-bond donors (Lipinski definition) is 0. The molecule has 0 aromatic heterocycles. The van der Waals surface area contributed by atoms with Gasteiger partial charge in [-0.3, -0.25) is 0 Å². The van der Waals surface area contributed by atoms with Crippen LogP contribution in [0.3, 0.4) is 0 Å². The van der Waals surface area contributed by atoms with Gasteiger partial charge >= 0.3 is 208 Å². The molecule has 0 radical (unpaired) electrons. The van der Waals surface area contributed by atoms with Gasteiger partial charge in [-0.2, -0.15) is 0 Å². The zero-order valence-electron chi connectivity index (χ0n) is 21.6. The molecule has 182 valence electrons. The maximum atomic E-state index is 2.49. The van der Waals surface area contributed by atoms with Crippen molar-refractivity contribution in [2.24, 2.45) is 0 Å². The summed E-state index contributed by atoms with van der Waals surface area (Å²) in [7, 11) is -2.52. The van der Waals surface area contributed by atoms with Crippen molar-refractivity contribution in [3.8, 4) is 0 Å². The van der Waals surface area contributed by atoms with Gasteiger partial charge in [0.25, 0.3) is 0 Å². The standard InChI is InChI=1S/C30H33Si.3ClH.Ti/c1-20-11-21(2)15-27(14-20)31(30-10-8-9-26(30)7,28-16-22(3)12-23(4)17-28)29-18-24(5)13-25(6)19-29;;;;/h8-19H,1-7H3;3*1H;/q;;;;+3/p-3. The van der Waals surface area contributed by atoms with Crippen LogP contribution in [0, 0.1) is 41.5 Å². The average molecular weight is 576 g/mol. The van der Waals surface area contributed by atoms with Crippen molar-refractivity contribution in [3.63, 3.8) is 0 Å². The van der Waals surface area contributed by atoms with Crippen LogP contribution in [0.15, 0.2) is 78.4 Å². The van der Waals surface area contributed by atoms with Gasteiger partial charge in [0, 0.05) is 0 Å². The number of hydrogen-bond acceptors (Lipinski definition) is 0. The monoisotopic (exact) mass is 574 g/mol. The Balaban J connectivity index is 0.00000204. The molecule has 0 bridgehead atoms. The van der Waals surface area contributed by atoms with E-state index < -0.39 is 8.07 Å². The largest absolute Gasteiger partial charge is 1.00 e. The first-order chi connectivity index (χ1) is 15.1. The fraction of sp³-hybridized carbons (Fsp3) is 0.267. The molecule has 0 aliphatic heterocycles. The number of rotatable bonds is 4. The van der Waals surface area contributed by atoms with E-state index in [0.29, 0.717) is 0 Å². The molecule has 5 heteroatoms. The van der Waals surface area contributed by atoms with E-state index in [1.54, 1.807) is 0 Å². The van der Waals surface area contributed by atoms with Gasteiger partial charge in [0.2, 0.25) is 0 Å². The maximum absolute atomic E-state index is 2.52. The van der Waals surface area contributed by atoms with E-state index >= 15 is 0 Å². The summed E-state index contributed by atoms with van der Waals surface area (Å²) in [4.78, 5) is 0. The molecule has 3 aromatic rings. The van der Waals surface area contributed by atoms with Gasteiger partial charge in [-0.1, -0.05) is 0 Å². The van der Waals surface area contributed by atoms with Crippen LogP contribution in [0.5, 0.6) is 0 Å². The van der Waals surface area contributed by atoms with E-state index in [1.807, 2.05) is 0 Å². The van der Waals surface area contributed by atoms with E-state index in [-0.39, 0.29) is 40.6 Å². The Morgan fingerprint density at radius 2 is 0.800 bits per heavy atom. The minimum absolute atomic E-state index is 0. The van der Waals surface area contributed by atoms with Crippen LogP contribution >= 0.6 is 0 Å². The minimum Gasteiger partial charge on any atom is -1.00 e. The molecule has 35 heavy (non-hydrogen) atoms. The number of aryl methyl sites for hydroxylation is 6. The molecule has 0 N–H and O–H groups in total. The molecule has 1 aliphatic rings. The molecule has 0 saturated carbocycles. The second kappa shape index (κ2) is 12.0. The summed E-state index contributed by atoms with van der Waals surface area (Å²) in [6.07, 6.45) is 7.10. The SMILES string of the molecule is CC1=CC=C[C]1([Ti+3])[Si](c1cc(C)cc(C)c1)(c1cc(C)cc(C)c1)c1cc(C)cc(C)c1.[Cl-].[Cl-].[Cl-]. The Morgan fingerprint density at radius 1 is 0.514 bits per heavy atom. The molecule has 3 aromatic carbocycles. The first-order valence-corrected chi connectivity index (χ1v) is 14.2. The summed E-state index contributed by atoms with van der Waals surface area (Å²) in [6, 6.07) is 21.7. The van der Waals surface area contributed by atoms with Gasteiger partial charge in [-0.25, -0.2) is 0 Å². The summed E-state index contributed by atoms with van der Waals surface area (Å²) in [5, 5.41) is 4.52. The van der Waals surface area contributed by atoms with Gasteiger partial charge in [0.05, 0.1) is 0 Å². The van der Waals surface area contributed by atoms with Crippen LogP contribution in [0.25, 0.3) is 0 Å². The zero-order valence-corrected chi connectivity index (χ0v) is 26.4. The van der Waals surface area contributed by atoms with Gasteiger partial charge in [-0.15, -0.1) is 0 Å². The first kappa shape index (κ1) is 32.0. The van der Waals surface area contributed by atoms with Gasteiger partial charge < -0.3 is 37.2 Å². The topological polar surface area (TPSA) is 0 Å². The number of allylic oxidation sites excluding steroid dienone is 4. The second-order valence-electron chi connectivity index (χ2n) is 9.90. The molecule has 1 aliphatic carbocycles. The summed E-state index contributed by atoms with van der Waals surface area (Å²) in [6.45, 7) is 15.8. The molecule has 1 atom stereocenters. The molecule has 4 rings (SSSR count). The predicted molar refractivity (Wildman–Crippen MR) is 138 cm³/mol. The van der Waals surface area contributed by atoms with Crippen molar-refractivity contribution < 1.29 is 57.7 Å². The van der Waals surface area contributed by atoms with Crippen LogP contribution in [0.2, 0.25) is 3.34 Å². The van der Waals surface area contributed by atoms with Crippen molar-refractivity contribution in [2.75, 3.05) is 0 Å². The van der Waals surface area contributed by atoms with E-state index in [4.69, 9.17) is 0 Å². The smallest absolute Gasteiger partial charge is 1.00 e. The van der Waals surface area contributed by atoms with E-state index in [0.717, 1.165) is 0 Å². The summed E-state index contributed by atoms with van der Waals surface area (Å²) < 4.78 is -0.0479. The summed E-state index contributed by atoms with van der Waals surface area (Å²) >= 11 is 2.49. The molecule has 0 spiro atoms. The van der Waals surface area contributed by atoms with Crippen molar-refractivity contribution in [1.82, 2.24) is 0 Å². The third-order valence-corrected chi connectivity index (χ3v) is 14.7. The Bertz CT molecular complexity index is 1090. The molecule has 0 fully saturated rings. The molecular weight excluding hydrogens is 543 g/mol. The van der Waals surface area contributed by atoms with Crippen molar-refractivity contribution >= 4 is 23.6 Å². The number of halogens is 3. The third-order valence-electron chi connectivity index (χ3n) is 6.87. The Kier molecular flexibility index (Phi) is 11.0. The van der Waals surface area contributed by atoms with Crippen molar-refractivity contribution in [2.45, 2.75) is 51.8 Å². The van der Waals surface area contributed by atoms with Gasteiger partial charge in [0.15, 0.2) is 0 Å². The fourth-order valence-electron chi connectivity index (χ4n) is 5.78. The van der Waals surface area contributed by atoms with Crippen molar-refractivity contribution in [3.05, 3.63) is 112 Å². The molecule has 0 nitrogen and oxygen atoms in total. The maximum Gasteiger partial charge on any atom is -1.00 e. The Labute approximate surface area is 243 Å². The molecule has 0 amide bonds. The third kappa shape index (κ3) is 5.62. The zero-order chi connectivity index (χ0) is 23.3. The van der Waals surface area contributed by atoms with E-state index in [2.05, 4.69) is 142 Å². The van der Waals surface area contributed by atoms with Crippen molar-refractivity contribution in [1.29, 1.82) is 0 Å². The van der Waals surface area contributed by atoms with Crippen LogP contribution in [0.4, 0.5) is 0 Å². The van der Waals surface area contributed by atoms with Gasteiger partial charge in [0.1, 0.15) is 0 Å². The predicted octanol–water partition coefficient (Wildman–Crippen LogP) is -3.22. The summed E-state index contributed by atoms with van der Waals surface area (Å²) in [5.74, 6) is 0. The normalized spacial score (nSPS) is 16.7. The molecule has 0 heterocycles. The van der Waals surface area contributed by atoms with Crippen LogP contribution in [-0.4, -0.2) is 8.07 Å². The number of benzene rings is 3. The van der Waals surface area contributed by atoms with Crippen LogP contribution in [0.1, 0.15) is 40.3 Å². The van der Waals surface area contributed by atoms with Gasteiger partial charge in [-0.05, 0) is 0 Å².